The number of amides is 2. The van der Waals surface area contributed by atoms with E-state index in [1.165, 1.54) is 6.42 Å². The van der Waals surface area contributed by atoms with E-state index in [2.05, 4.69) is 15.6 Å². The number of phosphoric ester groups is 1. The molecule has 5 fully saturated rings. The van der Waals surface area contributed by atoms with Crippen molar-refractivity contribution in [1.82, 2.24) is 15.6 Å². The first-order valence-corrected chi connectivity index (χ1v) is 16.2. The summed E-state index contributed by atoms with van der Waals surface area (Å²) in [7, 11) is -4.73. The standard InChI is InChI=1S/C29H40N3O7P/c1-29(15-21-16-30-23-7-3-2-6-22(21)23,27(33)31-24-8-4-5-9-25(24)39-40(35,36)37)32-28(34)38-26-19-11-17-10-18(13-19)14-20(26)12-17/h2-3,6-7,16-20,24-26,30H,4-5,8-15H2,1H3,(H,31,33)(H,32,34)(H2,35,36,37)/t17?,18?,19?,20?,24-,25-,26?,29+/m0/s1. The van der Waals surface area contributed by atoms with E-state index >= 15 is 0 Å². The average Bonchev–Trinajstić information content (AvgIpc) is 3.28. The van der Waals surface area contributed by atoms with E-state index in [-0.39, 0.29) is 12.5 Å². The molecule has 0 radical (unpaired) electrons. The van der Waals surface area contributed by atoms with E-state index in [4.69, 9.17) is 9.26 Å². The topological polar surface area (TPSA) is 150 Å². The van der Waals surface area contributed by atoms with Gasteiger partial charge in [0.1, 0.15) is 11.6 Å². The van der Waals surface area contributed by atoms with Gasteiger partial charge in [-0.25, -0.2) is 9.36 Å². The lowest BCUT2D eigenvalue weighted by atomic mass is 9.55. The number of phosphoric acid groups is 1. The molecule has 10 nitrogen and oxygen atoms in total. The maximum Gasteiger partial charge on any atom is 0.469 e. The minimum absolute atomic E-state index is 0.118. The number of hydrogen-bond acceptors (Lipinski definition) is 5. The molecule has 1 aromatic heterocycles. The van der Waals surface area contributed by atoms with Gasteiger partial charge in [-0.2, -0.15) is 0 Å². The fourth-order valence-electron chi connectivity index (χ4n) is 8.18. The molecule has 0 aliphatic heterocycles. The zero-order valence-corrected chi connectivity index (χ0v) is 23.8. The SMILES string of the molecule is C[C@](Cc1c[nH]c2ccccc12)(NC(=O)OC1C2CC3CC(C2)CC1C3)C(=O)N[C@H]1CCCC[C@@H]1OP(=O)(O)O. The van der Waals surface area contributed by atoms with E-state index in [1.807, 2.05) is 30.5 Å². The molecule has 5 aliphatic carbocycles. The van der Waals surface area contributed by atoms with Gasteiger partial charge in [0.15, 0.2) is 0 Å². The third-order valence-corrected chi connectivity index (χ3v) is 10.3. The highest BCUT2D eigenvalue weighted by atomic mass is 31.2. The van der Waals surface area contributed by atoms with E-state index in [0.29, 0.717) is 24.7 Å². The molecule has 1 aromatic carbocycles. The van der Waals surface area contributed by atoms with E-state index in [1.54, 1.807) is 6.92 Å². The Bertz CT molecular complexity index is 1280. The number of alkyl carbamates (subject to hydrolysis) is 1. The zero-order valence-electron chi connectivity index (χ0n) is 22.9. The van der Waals surface area contributed by atoms with Gasteiger partial charge in [0.05, 0.1) is 12.1 Å². The van der Waals surface area contributed by atoms with Gasteiger partial charge in [0.25, 0.3) is 0 Å². The number of aromatic amines is 1. The minimum atomic E-state index is -4.73. The molecule has 7 rings (SSSR count). The Morgan fingerprint density at radius 1 is 1.05 bits per heavy atom. The molecule has 5 aliphatic rings. The largest absolute Gasteiger partial charge is 0.469 e. The van der Waals surface area contributed by atoms with Crippen LogP contribution in [0.25, 0.3) is 10.9 Å². The number of fused-ring (bicyclic) bond motifs is 1. The van der Waals surface area contributed by atoms with Crippen LogP contribution in [0.1, 0.15) is 70.3 Å². The summed E-state index contributed by atoms with van der Waals surface area (Å²) in [6, 6.07) is 7.20. The summed E-state index contributed by atoms with van der Waals surface area (Å²) < 4.78 is 22.7. The summed E-state index contributed by atoms with van der Waals surface area (Å²) >= 11 is 0. The van der Waals surface area contributed by atoms with E-state index in [0.717, 1.165) is 66.8 Å². The third kappa shape index (κ3) is 5.82. The highest BCUT2D eigenvalue weighted by Crippen LogP contribution is 2.54. The molecule has 1 heterocycles. The van der Waals surface area contributed by atoms with Crippen molar-refractivity contribution in [2.75, 3.05) is 0 Å². The molecule has 0 unspecified atom stereocenters. The van der Waals surface area contributed by atoms with Gasteiger partial charge < -0.3 is 30.1 Å². The number of nitrogens with one attached hydrogen (secondary N) is 3. The number of H-pyrrole nitrogens is 1. The summed E-state index contributed by atoms with van der Waals surface area (Å²) in [5.41, 5.74) is 0.423. The lowest BCUT2D eigenvalue weighted by Gasteiger charge is -2.53. The first kappa shape index (κ1) is 27.8. The van der Waals surface area contributed by atoms with Crippen LogP contribution >= 0.6 is 7.82 Å². The van der Waals surface area contributed by atoms with Crippen LogP contribution in [0.3, 0.4) is 0 Å². The van der Waals surface area contributed by atoms with E-state index in [9.17, 15) is 23.9 Å². The fraction of sp³-hybridized carbons (Fsp3) is 0.655. The van der Waals surface area contributed by atoms with Crippen molar-refractivity contribution in [1.29, 1.82) is 0 Å². The van der Waals surface area contributed by atoms with Crippen molar-refractivity contribution in [3.8, 4) is 0 Å². The Kier molecular flexibility index (Phi) is 7.49. The van der Waals surface area contributed by atoms with Crippen LogP contribution in [0.4, 0.5) is 4.79 Å². The van der Waals surface area contributed by atoms with Crippen LogP contribution in [0.2, 0.25) is 0 Å². The lowest BCUT2D eigenvalue weighted by Crippen LogP contribution is -2.62. The molecule has 11 heteroatoms. The number of ether oxygens (including phenoxy) is 1. The summed E-state index contributed by atoms with van der Waals surface area (Å²) in [5, 5.41) is 6.85. The van der Waals surface area contributed by atoms with Crippen LogP contribution in [0, 0.1) is 23.7 Å². The van der Waals surface area contributed by atoms with Gasteiger partial charge in [0, 0.05) is 23.5 Å². The number of aromatic nitrogens is 1. The monoisotopic (exact) mass is 573 g/mol. The summed E-state index contributed by atoms with van der Waals surface area (Å²) in [4.78, 5) is 49.4. The molecule has 3 atom stereocenters. The van der Waals surface area contributed by atoms with Gasteiger partial charge in [-0.15, -0.1) is 0 Å². The van der Waals surface area contributed by atoms with Gasteiger partial charge >= 0.3 is 13.9 Å². The Morgan fingerprint density at radius 2 is 1.73 bits per heavy atom. The predicted octanol–water partition coefficient (Wildman–Crippen LogP) is 4.56. The number of para-hydroxylation sites is 1. The second-order valence-corrected chi connectivity index (χ2v) is 14.0. The summed E-state index contributed by atoms with van der Waals surface area (Å²) in [6.07, 6.45) is 8.79. The Labute approximate surface area is 234 Å². The molecule has 0 saturated heterocycles. The first-order valence-electron chi connectivity index (χ1n) is 14.6. The van der Waals surface area contributed by atoms with Crippen molar-refractivity contribution >= 4 is 30.7 Å². The van der Waals surface area contributed by atoms with Crippen molar-refractivity contribution in [2.24, 2.45) is 23.7 Å². The molecule has 4 bridgehead atoms. The Hall–Kier alpha value is -2.39. The highest BCUT2D eigenvalue weighted by Gasteiger charge is 2.50. The minimum Gasteiger partial charge on any atom is -0.446 e. The van der Waals surface area contributed by atoms with Crippen LogP contribution in [-0.2, 0) is 25.0 Å². The normalized spacial score (nSPS) is 32.9. The van der Waals surface area contributed by atoms with Gasteiger partial charge in [0.2, 0.25) is 5.91 Å². The number of rotatable bonds is 8. The second-order valence-electron chi connectivity index (χ2n) is 12.8. The smallest absolute Gasteiger partial charge is 0.446 e. The Morgan fingerprint density at radius 3 is 2.42 bits per heavy atom. The average molecular weight is 574 g/mol. The quantitative estimate of drug-likeness (QED) is 0.291. The molecule has 0 spiro atoms. The van der Waals surface area contributed by atoms with Crippen molar-refractivity contribution in [3.05, 3.63) is 36.0 Å². The molecular weight excluding hydrogens is 533 g/mol. The molecule has 218 valence electrons. The van der Waals surface area contributed by atoms with Crippen LogP contribution in [0.15, 0.2) is 30.5 Å². The zero-order chi connectivity index (χ0) is 28.1. The second kappa shape index (κ2) is 10.8. The number of benzene rings is 1. The molecule has 5 N–H and O–H groups in total. The third-order valence-electron chi connectivity index (χ3n) is 9.77. The number of carbonyl (C=O) groups excluding carboxylic acids is 2. The van der Waals surface area contributed by atoms with Crippen molar-refractivity contribution in [3.63, 3.8) is 0 Å². The van der Waals surface area contributed by atoms with Crippen molar-refractivity contribution in [2.45, 2.75) is 94.9 Å². The molecule has 40 heavy (non-hydrogen) atoms. The molecule has 5 saturated carbocycles. The summed E-state index contributed by atoms with van der Waals surface area (Å²) in [5.74, 6) is 1.85. The number of hydrogen-bond donors (Lipinski definition) is 5. The number of carbonyl (C=O) groups is 2. The Balaban J connectivity index is 1.21. The summed E-state index contributed by atoms with van der Waals surface area (Å²) in [6.45, 7) is 1.68. The maximum atomic E-state index is 13.9. The lowest BCUT2D eigenvalue weighted by molar-refractivity contribution is -0.129. The predicted molar refractivity (Wildman–Crippen MR) is 148 cm³/mol. The van der Waals surface area contributed by atoms with Crippen LogP contribution in [-0.4, -0.2) is 50.6 Å². The molecular formula is C29H40N3O7P. The van der Waals surface area contributed by atoms with E-state index < -0.39 is 37.5 Å². The highest BCUT2D eigenvalue weighted by molar-refractivity contribution is 7.46. The first-order chi connectivity index (χ1) is 19.1. The van der Waals surface area contributed by atoms with Gasteiger partial charge in [-0.3, -0.25) is 9.32 Å². The van der Waals surface area contributed by atoms with Gasteiger partial charge in [-0.05, 0) is 87.2 Å². The van der Waals surface area contributed by atoms with Crippen LogP contribution < -0.4 is 10.6 Å². The van der Waals surface area contributed by atoms with Crippen LogP contribution in [0.5, 0.6) is 0 Å². The van der Waals surface area contributed by atoms with Crippen molar-refractivity contribution < 1.29 is 33.2 Å². The maximum absolute atomic E-state index is 13.9. The molecule has 2 aromatic rings. The van der Waals surface area contributed by atoms with Gasteiger partial charge in [-0.1, -0.05) is 31.0 Å². The fourth-order valence-corrected chi connectivity index (χ4v) is 8.78. The molecule has 2 amide bonds.